The number of hydrogen-bond donors (Lipinski definition) is 2. The predicted octanol–water partition coefficient (Wildman–Crippen LogP) is 3.69. The monoisotopic (exact) mass is 493 g/mol. The fourth-order valence-corrected chi connectivity index (χ4v) is 2.96. The molecule has 4 nitrogen and oxygen atoms in total. The molecule has 1 aliphatic heterocycles. The van der Waals surface area contributed by atoms with Gasteiger partial charge in [-0.05, 0) is 18.6 Å². The van der Waals surface area contributed by atoms with Gasteiger partial charge in [-0.25, -0.2) is 0 Å². The highest BCUT2D eigenvalue weighted by molar-refractivity contribution is 14.0. The van der Waals surface area contributed by atoms with E-state index < -0.39 is 0 Å². The number of hydrogen-bond acceptors (Lipinski definition) is 4. The maximum absolute atomic E-state index is 6.07. The van der Waals surface area contributed by atoms with Crippen molar-refractivity contribution in [3.63, 3.8) is 0 Å². The number of aliphatic imine (C=N–C) groups is 1. The molecule has 2 N–H and O–H groups in total. The Morgan fingerprint density at radius 2 is 2.05 bits per heavy atom. The van der Waals surface area contributed by atoms with Crippen LogP contribution in [0, 0.1) is 0 Å². The first-order valence-electron chi connectivity index (χ1n) is 5.96. The molecule has 112 valence electrons. The third kappa shape index (κ3) is 5.46. The smallest absolute Gasteiger partial charge is 0.191 e. The Labute approximate surface area is 153 Å². The van der Waals surface area contributed by atoms with Crippen LogP contribution in [0.4, 0.5) is 0 Å². The van der Waals surface area contributed by atoms with Gasteiger partial charge in [0.25, 0.3) is 0 Å². The van der Waals surface area contributed by atoms with Crippen LogP contribution in [-0.4, -0.2) is 32.2 Å². The molecule has 0 atom stereocenters. The molecule has 2 rings (SSSR count). The second-order valence-corrected chi connectivity index (χ2v) is 5.71. The summed E-state index contributed by atoms with van der Waals surface area (Å²) in [5.74, 6) is 1.33. The van der Waals surface area contributed by atoms with Crippen LogP contribution in [0.3, 0.4) is 0 Å². The molecule has 1 aromatic carbocycles. The molecule has 8 heteroatoms. The molecule has 1 aromatic rings. The van der Waals surface area contributed by atoms with Crippen LogP contribution in [0.2, 0.25) is 10.0 Å². The van der Waals surface area contributed by atoms with Crippen LogP contribution in [0.15, 0.2) is 21.6 Å². The Morgan fingerprint density at radius 3 is 2.65 bits per heavy atom. The van der Waals surface area contributed by atoms with Gasteiger partial charge in [0.15, 0.2) is 11.7 Å². The topological polar surface area (TPSA) is 45.6 Å². The molecular formula is C12H15BrCl2IN3O. The second kappa shape index (κ2) is 9.17. The van der Waals surface area contributed by atoms with Crippen LogP contribution in [0.1, 0.15) is 6.42 Å². The molecular weight excluding hydrogens is 480 g/mol. The van der Waals surface area contributed by atoms with E-state index in [9.17, 15) is 0 Å². The minimum atomic E-state index is 0. The van der Waals surface area contributed by atoms with Gasteiger partial charge in [0, 0.05) is 17.6 Å². The van der Waals surface area contributed by atoms with Crippen molar-refractivity contribution < 1.29 is 4.74 Å². The molecule has 20 heavy (non-hydrogen) atoms. The first kappa shape index (κ1) is 18.1. The molecule has 0 unspecified atom stereocenters. The third-order valence-corrected chi connectivity index (χ3v) is 3.52. The van der Waals surface area contributed by atoms with E-state index in [1.54, 1.807) is 12.1 Å². The summed E-state index contributed by atoms with van der Waals surface area (Å²) in [4.78, 5) is 4.30. The molecule has 0 saturated carbocycles. The summed E-state index contributed by atoms with van der Waals surface area (Å²) in [6.07, 6.45) is 1.08. The summed E-state index contributed by atoms with van der Waals surface area (Å²) in [5.41, 5.74) is 0. The van der Waals surface area contributed by atoms with Gasteiger partial charge in [0.05, 0.1) is 16.6 Å². The van der Waals surface area contributed by atoms with Crippen LogP contribution in [-0.2, 0) is 0 Å². The van der Waals surface area contributed by atoms with Crippen molar-refractivity contribution in [2.75, 3.05) is 26.2 Å². The molecule has 1 aliphatic rings. The fraction of sp³-hybridized carbons (Fsp3) is 0.417. The number of guanidine groups is 1. The minimum absolute atomic E-state index is 0. The normalized spacial score (nSPS) is 13.8. The Morgan fingerprint density at radius 1 is 1.35 bits per heavy atom. The average molecular weight is 495 g/mol. The summed E-state index contributed by atoms with van der Waals surface area (Å²) in [6.45, 7) is 2.91. The van der Waals surface area contributed by atoms with E-state index in [2.05, 4.69) is 31.6 Å². The van der Waals surface area contributed by atoms with Crippen LogP contribution in [0.25, 0.3) is 0 Å². The van der Waals surface area contributed by atoms with Crippen molar-refractivity contribution in [3.8, 4) is 5.75 Å². The second-order valence-electron chi connectivity index (χ2n) is 3.98. The van der Waals surface area contributed by atoms with Crippen molar-refractivity contribution in [1.29, 1.82) is 0 Å². The van der Waals surface area contributed by atoms with Crippen molar-refractivity contribution in [2.45, 2.75) is 6.42 Å². The van der Waals surface area contributed by atoms with Crippen molar-refractivity contribution in [1.82, 2.24) is 10.6 Å². The lowest BCUT2D eigenvalue weighted by Crippen LogP contribution is -2.42. The van der Waals surface area contributed by atoms with Gasteiger partial charge in [0.1, 0.15) is 6.61 Å². The lowest BCUT2D eigenvalue weighted by Gasteiger charge is -2.16. The first-order chi connectivity index (χ1) is 9.16. The summed E-state index contributed by atoms with van der Waals surface area (Å²) < 4.78 is 6.41. The summed E-state index contributed by atoms with van der Waals surface area (Å²) >= 11 is 15.5. The number of halogens is 4. The SMILES string of the molecule is Clc1cc(Br)cc(Cl)c1OCCNC1=NCCCN1.I. The van der Waals surface area contributed by atoms with Crippen molar-refractivity contribution in [2.24, 2.45) is 4.99 Å². The highest BCUT2D eigenvalue weighted by Crippen LogP contribution is 2.35. The van der Waals surface area contributed by atoms with Gasteiger partial charge in [-0.2, -0.15) is 0 Å². The fourth-order valence-electron chi connectivity index (χ4n) is 1.64. The van der Waals surface area contributed by atoms with Gasteiger partial charge in [0.2, 0.25) is 0 Å². The van der Waals surface area contributed by atoms with Gasteiger partial charge < -0.3 is 15.4 Å². The van der Waals surface area contributed by atoms with E-state index in [-0.39, 0.29) is 24.0 Å². The molecule has 0 aliphatic carbocycles. The van der Waals surface area contributed by atoms with E-state index in [0.29, 0.717) is 28.9 Å². The molecule has 0 bridgehead atoms. The largest absolute Gasteiger partial charge is 0.489 e. The highest BCUT2D eigenvalue weighted by Gasteiger charge is 2.09. The minimum Gasteiger partial charge on any atom is -0.489 e. The van der Waals surface area contributed by atoms with Gasteiger partial charge in [-0.3, -0.25) is 4.99 Å². The van der Waals surface area contributed by atoms with Crippen molar-refractivity contribution >= 4 is 69.1 Å². The maximum atomic E-state index is 6.07. The number of rotatable bonds is 4. The highest BCUT2D eigenvalue weighted by atomic mass is 127. The standard InChI is InChI=1S/C12H14BrCl2N3O.HI/c13-8-6-9(14)11(10(15)7-8)19-5-4-18-12-16-2-1-3-17-12;/h6-7H,1-5H2,(H2,16,17,18);1H. The quantitative estimate of drug-likeness (QED) is 0.496. The average Bonchev–Trinajstić information content (AvgIpc) is 2.38. The van der Waals surface area contributed by atoms with Gasteiger partial charge in [-0.15, -0.1) is 24.0 Å². The van der Waals surface area contributed by atoms with E-state index >= 15 is 0 Å². The summed E-state index contributed by atoms with van der Waals surface area (Å²) in [6, 6.07) is 3.51. The molecule has 0 amide bonds. The van der Waals surface area contributed by atoms with Crippen LogP contribution < -0.4 is 15.4 Å². The van der Waals surface area contributed by atoms with Crippen molar-refractivity contribution in [3.05, 3.63) is 26.7 Å². The first-order valence-corrected chi connectivity index (χ1v) is 7.51. The van der Waals surface area contributed by atoms with E-state index in [0.717, 1.165) is 29.9 Å². The van der Waals surface area contributed by atoms with Crippen LogP contribution >= 0.6 is 63.1 Å². The van der Waals surface area contributed by atoms with E-state index in [4.69, 9.17) is 27.9 Å². The maximum Gasteiger partial charge on any atom is 0.191 e. The number of nitrogens with one attached hydrogen (secondary N) is 2. The summed E-state index contributed by atoms with van der Waals surface area (Å²) in [7, 11) is 0. The van der Waals surface area contributed by atoms with E-state index in [1.807, 2.05) is 0 Å². The molecule has 0 spiro atoms. The molecule has 0 radical (unpaired) electrons. The number of benzene rings is 1. The van der Waals surface area contributed by atoms with Crippen LogP contribution in [0.5, 0.6) is 5.75 Å². The van der Waals surface area contributed by atoms with Gasteiger partial charge >= 0.3 is 0 Å². The molecule has 0 saturated heterocycles. The van der Waals surface area contributed by atoms with Gasteiger partial charge in [-0.1, -0.05) is 39.1 Å². The zero-order valence-corrected chi connectivity index (χ0v) is 16.0. The Balaban J connectivity index is 0.00000200. The Hall–Kier alpha value is 0.0800. The molecule has 0 aromatic heterocycles. The predicted molar refractivity (Wildman–Crippen MR) is 98.0 cm³/mol. The molecule has 0 fully saturated rings. The Bertz CT molecular complexity index is 465. The summed E-state index contributed by atoms with van der Waals surface area (Å²) in [5, 5.41) is 7.32. The zero-order valence-electron chi connectivity index (χ0n) is 10.6. The zero-order chi connectivity index (χ0) is 13.7. The Kier molecular flexibility index (Phi) is 8.31. The lowest BCUT2D eigenvalue weighted by atomic mass is 10.3. The van der Waals surface area contributed by atoms with E-state index in [1.165, 1.54) is 0 Å². The molecule has 1 heterocycles. The lowest BCUT2D eigenvalue weighted by molar-refractivity contribution is 0.322. The number of ether oxygens (including phenoxy) is 1. The number of nitrogens with zero attached hydrogens (tertiary/aromatic N) is 1. The third-order valence-electron chi connectivity index (χ3n) is 2.50.